The Morgan fingerprint density at radius 3 is 2.43 bits per heavy atom. The van der Waals surface area contributed by atoms with Gasteiger partial charge in [0.05, 0.1) is 5.60 Å². The molecule has 0 heterocycles. The molecule has 14 heavy (non-hydrogen) atoms. The van der Waals surface area contributed by atoms with Crippen LogP contribution in [-0.4, -0.2) is 20.2 Å². The van der Waals surface area contributed by atoms with E-state index in [9.17, 15) is 5.11 Å². The third-order valence-electron chi connectivity index (χ3n) is 3.64. The summed E-state index contributed by atoms with van der Waals surface area (Å²) in [6.07, 6.45) is 6.53. The SMILES string of the molecule is CCCCCC(C)(C)[SiH2]C1CC1(C)O. The van der Waals surface area contributed by atoms with Gasteiger partial charge in [0.15, 0.2) is 0 Å². The van der Waals surface area contributed by atoms with Crippen molar-refractivity contribution in [1.29, 1.82) is 0 Å². The van der Waals surface area contributed by atoms with Crippen molar-refractivity contribution in [2.24, 2.45) is 0 Å². The van der Waals surface area contributed by atoms with Gasteiger partial charge in [-0.15, -0.1) is 0 Å². The van der Waals surface area contributed by atoms with Gasteiger partial charge in [0, 0.05) is 9.52 Å². The van der Waals surface area contributed by atoms with E-state index in [2.05, 4.69) is 20.8 Å². The normalized spacial score (nSPS) is 32.8. The van der Waals surface area contributed by atoms with Gasteiger partial charge in [0.25, 0.3) is 0 Å². The van der Waals surface area contributed by atoms with E-state index in [1.807, 2.05) is 6.92 Å². The molecule has 0 aromatic heterocycles. The zero-order valence-electron chi connectivity index (χ0n) is 10.3. The van der Waals surface area contributed by atoms with Crippen LogP contribution < -0.4 is 0 Å². The average molecular weight is 214 g/mol. The first-order chi connectivity index (χ1) is 6.37. The molecule has 0 amide bonds. The highest BCUT2D eigenvalue weighted by molar-refractivity contribution is 6.43. The Morgan fingerprint density at radius 2 is 2.00 bits per heavy atom. The lowest BCUT2D eigenvalue weighted by Gasteiger charge is -2.24. The van der Waals surface area contributed by atoms with Crippen molar-refractivity contribution in [2.45, 2.75) is 76.0 Å². The number of hydrogen-bond acceptors (Lipinski definition) is 1. The topological polar surface area (TPSA) is 20.2 Å². The predicted molar refractivity (Wildman–Crippen MR) is 65.7 cm³/mol. The molecule has 2 unspecified atom stereocenters. The maximum absolute atomic E-state index is 9.76. The lowest BCUT2D eigenvalue weighted by atomic mass is 10.0. The summed E-state index contributed by atoms with van der Waals surface area (Å²) in [6.45, 7) is 9.08. The highest BCUT2D eigenvalue weighted by Crippen LogP contribution is 2.52. The minimum Gasteiger partial charge on any atom is -0.390 e. The molecule has 0 aromatic rings. The second kappa shape index (κ2) is 4.36. The van der Waals surface area contributed by atoms with E-state index >= 15 is 0 Å². The fourth-order valence-electron chi connectivity index (χ4n) is 2.35. The van der Waals surface area contributed by atoms with Crippen LogP contribution in [0.25, 0.3) is 0 Å². The molecule has 0 spiro atoms. The molecule has 0 aliphatic heterocycles. The van der Waals surface area contributed by atoms with Crippen LogP contribution in [0, 0.1) is 0 Å². The first-order valence-electron chi connectivity index (χ1n) is 6.10. The molecule has 0 saturated heterocycles. The molecule has 1 aliphatic carbocycles. The van der Waals surface area contributed by atoms with Crippen molar-refractivity contribution in [3.8, 4) is 0 Å². The first-order valence-corrected chi connectivity index (χ1v) is 7.62. The van der Waals surface area contributed by atoms with Crippen LogP contribution in [0.3, 0.4) is 0 Å². The molecule has 0 aromatic carbocycles. The molecule has 1 aliphatic rings. The van der Waals surface area contributed by atoms with Crippen LogP contribution in [0.2, 0.25) is 10.6 Å². The monoisotopic (exact) mass is 214 g/mol. The Kier molecular flexibility index (Phi) is 3.81. The molecule has 2 atom stereocenters. The van der Waals surface area contributed by atoms with Crippen molar-refractivity contribution in [3.63, 3.8) is 0 Å². The molecule has 2 heteroatoms. The number of aliphatic hydroxyl groups is 1. The standard InChI is InChI=1S/C12H26OSi/c1-5-6-7-8-11(2,3)14-10-9-12(10,4)13/h10,13H,5-9,14H2,1-4H3. The van der Waals surface area contributed by atoms with Crippen molar-refractivity contribution >= 4 is 9.52 Å². The summed E-state index contributed by atoms with van der Waals surface area (Å²) in [6, 6.07) is 0. The second-order valence-electron chi connectivity index (χ2n) is 6.08. The van der Waals surface area contributed by atoms with Gasteiger partial charge in [-0.1, -0.05) is 46.5 Å². The van der Waals surface area contributed by atoms with E-state index in [1.54, 1.807) is 0 Å². The van der Waals surface area contributed by atoms with E-state index < -0.39 is 0 Å². The molecular formula is C12H26OSi. The summed E-state index contributed by atoms with van der Waals surface area (Å²) in [5, 5.41) is 10.3. The maximum atomic E-state index is 9.76. The third kappa shape index (κ3) is 3.74. The van der Waals surface area contributed by atoms with E-state index in [4.69, 9.17) is 0 Å². The molecule has 1 N–H and O–H groups in total. The minimum absolute atomic E-state index is 0.0970. The van der Waals surface area contributed by atoms with Crippen LogP contribution in [-0.2, 0) is 0 Å². The molecule has 0 bridgehead atoms. The summed E-state index contributed by atoms with van der Waals surface area (Å²) in [5.74, 6) is 0. The van der Waals surface area contributed by atoms with Crippen molar-refractivity contribution in [1.82, 2.24) is 0 Å². The lowest BCUT2D eigenvalue weighted by Crippen LogP contribution is -2.17. The maximum Gasteiger partial charge on any atom is 0.0621 e. The summed E-state index contributed by atoms with van der Waals surface area (Å²) >= 11 is 0. The molecule has 1 rings (SSSR count). The molecule has 1 fully saturated rings. The van der Waals surface area contributed by atoms with Gasteiger partial charge in [-0.3, -0.25) is 0 Å². The zero-order chi connectivity index (χ0) is 10.8. The lowest BCUT2D eigenvalue weighted by molar-refractivity contribution is 0.171. The van der Waals surface area contributed by atoms with Crippen LogP contribution in [0.5, 0.6) is 0 Å². The summed E-state index contributed by atoms with van der Waals surface area (Å²) in [5.41, 5.74) is 0.438. The molecular weight excluding hydrogens is 188 g/mol. The first kappa shape index (κ1) is 12.2. The van der Waals surface area contributed by atoms with Crippen LogP contribution >= 0.6 is 0 Å². The number of rotatable bonds is 6. The molecule has 84 valence electrons. The smallest absolute Gasteiger partial charge is 0.0621 e. The summed E-state index contributed by atoms with van der Waals surface area (Å²) in [4.78, 5) is 0. The van der Waals surface area contributed by atoms with Crippen LogP contribution in [0.15, 0.2) is 0 Å². The zero-order valence-corrected chi connectivity index (χ0v) is 11.7. The quantitative estimate of drug-likeness (QED) is 0.532. The molecule has 0 radical (unpaired) electrons. The highest BCUT2D eigenvalue weighted by atomic mass is 28.2. The average Bonchev–Trinajstić information content (AvgIpc) is 2.57. The van der Waals surface area contributed by atoms with Gasteiger partial charge in [-0.25, -0.2) is 0 Å². The van der Waals surface area contributed by atoms with Gasteiger partial charge in [0.2, 0.25) is 0 Å². The Balaban J connectivity index is 2.21. The Hall–Kier alpha value is 0.177. The largest absolute Gasteiger partial charge is 0.390 e. The van der Waals surface area contributed by atoms with Gasteiger partial charge in [-0.05, 0) is 23.9 Å². The van der Waals surface area contributed by atoms with E-state index in [0.29, 0.717) is 10.6 Å². The summed E-state index contributed by atoms with van der Waals surface area (Å²) < 4.78 is 0. The number of unbranched alkanes of at least 4 members (excludes halogenated alkanes) is 2. The minimum atomic E-state index is -0.270. The van der Waals surface area contributed by atoms with Crippen LogP contribution in [0.1, 0.15) is 59.8 Å². The third-order valence-corrected chi connectivity index (χ3v) is 6.75. The van der Waals surface area contributed by atoms with Gasteiger partial charge in [0.1, 0.15) is 0 Å². The molecule has 1 saturated carbocycles. The van der Waals surface area contributed by atoms with Crippen molar-refractivity contribution < 1.29 is 5.11 Å². The fraction of sp³-hybridized carbons (Fsp3) is 1.00. The Morgan fingerprint density at radius 1 is 1.43 bits per heavy atom. The predicted octanol–water partition coefficient (Wildman–Crippen LogP) is 2.88. The Labute approximate surface area is 91.1 Å². The van der Waals surface area contributed by atoms with Gasteiger partial charge < -0.3 is 5.11 Å². The van der Waals surface area contributed by atoms with Crippen LogP contribution in [0.4, 0.5) is 0 Å². The Bertz CT molecular complexity index is 187. The highest BCUT2D eigenvalue weighted by Gasteiger charge is 2.50. The fourth-order valence-corrected chi connectivity index (χ4v) is 5.31. The number of hydrogen-bond donors (Lipinski definition) is 1. The second-order valence-corrected chi connectivity index (χ2v) is 9.39. The van der Waals surface area contributed by atoms with E-state index in [1.165, 1.54) is 25.7 Å². The van der Waals surface area contributed by atoms with E-state index in [-0.39, 0.29) is 15.1 Å². The summed E-state index contributed by atoms with van der Waals surface area (Å²) in [7, 11) is -0.0970. The van der Waals surface area contributed by atoms with Gasteiger partial charge >= 0.3 is 0 Å². The van der Waals surface area contributed by atoms with Gasteiger partial charge in [-0.2, -0.15) is 0 Å². The van der Waals surface area contributed by atoms with Crippen molar-refractivity contribution in [3.05, 3.63) is 0 Å². The van der Waals surface area contributed by atoms with E-state index in [0.717, 1.165) is 6.42 Å². The molecule has 1 nitrogen and oxygen atoms in total. The van der Waals surface area contributed by atoms with Crippen molar-refractivity contribution in [2.75, 3.05) is 0 Å².